The summed E-state index contributed by atoms with van der Waals surface area (Å²) in [5.41, 5.74) is 1.80. The number of aryl methyl sites for hydroxylation is 1. The summed E-state index contributed by atoms with van der Waals surface area (Å²) in [5.74, 6) is 0. The van der Waals surface area contributed by atoms with Crippen LogP contribution >= 0.6 is 0 Å². The molecule has 0 atom stereocenters. The molecule has 0 radical (unpaired) electrons. The second-order valence-corrected chi connectivity index (χ2v) is 5.73. The van der Waals surface area contributed by atoms with Gasteiger partial charge in [0.25, 0.3) is 0 Å². The van der Waals surface area contributed by atoms with Crippen molar-refractivity contribution in [3.05, 3.63) is 24.0 Å². The summed E-state index contributed by atoms with van der Waals surface area (Å²) in [5, 5.41) is 3.76. The first-order valence-electron chi connectivity index (χ1n) is 7.11. The van der Waals surface area contributed by atoms with Gasteiger partial charge in [-0.1, -0.05) is 26.2 Å². The minimum absolute atomic E-state index is 0.380. The van der Waals surface area contributed by atoms with Crippen molar-refractivity contribution >= 4 is 0 Å². The van der Waals surface area contributed by atoms with Crippen LogP contribution in [-0.4, -0.2) is 10.1 Å². The van der Waals surface area contributed by atoms with Gasteiger partial charge in [0.05, 0.1) is 0 Å². The Hall–Kier alpha value is -0.760. The zero-order chi connectivity index (χ0) is 12.1. The van der Waals surface area contributed by atoms with Crippen LogP contribution in [0.15, 0.2) is 18.5 Å². The van der Waals surface area contributed by atoms with Crippen LogP contribution in [0.3, 0.4) is 0 Å². The van der Waals surface area contributed by atoms with E-state index in [1.54, 1.807) is 0 Å². The molecule has 0 saturated heterocycles. The summed E-state index contributed by atoms with van der Waals surface area (Å²) in [6, 6.07) is 2.24. The Kier molecular flexibility index (Phi) is 4.27. The van der Waals surface area contributed by atoms with Gasteiger partial charge in [-0.15, -0.1) is 0 Å². The Bertz CT molecular complexity index is 334. The first-order valence-corrected chi connectivity index (χ1v) is 7.11. The Morgan fingerprint density at radius 1 is 1.29 bits per heavy atom. The van der Waals surface area contributed by atoms with Gasteiger partial charge >= 0.3 is 0 Å². The van der Waals surface area contributed by atoms with Crippen molar-refractivity contribution in [2.45, 2.75) is 71.0 Å². The molecule has 0 amide bonds. The highest BCUT2D eigenvalue weighted by Gasteiger charge is 2.25. The van der Waals surface area contributed by atoms with E-state index in [1.807, 2.05) is 0 Å². The molecule has 17 heavy (non-hydrogen) atoms. The van der Waals surface area contributed by atoms with Gasteiger partial charge in [-0.25, -0.2) is 0 Å². The van der Waals surface area contributed by atoms with Gasteiger partial charge in [0, 0.05) is 31.0 Å². The topological polar surface area (TPSA) is 17.0 Å². The molecule has 0 spiro atoms. The SMILES string of the molecule is CCCn1ccc(CNC2(C)CCCCC2)c1. The predicted molar refractivity (Wildman–Crippen MR) is 73.1 cm³/mol. The molecule has 0 aliphatic heterocycles. The van der Waals surface area contributed by atoms with E-state index in [2.05, 4.69) is 42.2 Å². The number of hydrogen-bond acceptors (Lipinski definition) is 1. The second kappa shape index (κ2) is 5.72. The van der Waals surface area contributed by atoms with E-state index in [-0.39, 0.29) is 0 Å². The van der Waals surface area contributed by atoms with E-state index < -0.39 is 0 Å². The van der Waals surface area contributed by atoms with Crippen LogP contribution in [0, 0.1) is 0 Å². The largest absolute Gasteiger partial charge is 0.354 e. The van der Waals surface area contributed by atoms with Gasteiger partial charge in [0.15, 0.2) is 0 Å². The minimum atomic E-state index is 0.380. The molecule has 2 rings (SSSR count). The molecule has 1 aromatic rings. The zero-order valence-corrected chi connectivity index (χ0v) is 11.3. The first kappa shape index (κ1) is 12.7. The normalized spacial score (nSPS) is 19.4. The van der Waals surface area contributed by atoms with Crippen LogP contribution in [0.1, 0.15) is 57.9 Å². The van der Waals surface area contributed by atoms with Gasteiger partial charge < -0.3 is 9.88 Å². The Labute approximate surface area is 105 Å². The maximum Gasteiger partial charge on any atom is 0.0225 e. The molecule has 1 N–H and O–H groups in total. The summed E-state index contributed by atoms with van der Waals surface area (Å²) in [6.07, 6.45) is 12.6. The van der Waals surface area contributed by atoms with Crippen LogP contribution in [0.2, 0.25) is 0 Å². The number of rotatable bonds is 5. The molecule has 2 heteroatoms. The average Bonchev–Trinajstić information content (AvgIpc) is 2.76. The van der Waals surface area contributed by atoms with E-state index in [0.717, 1.165) is 13.1 Å². The van der Waals surface area contributed by atoms with Gasteiger partial charge in [0.2, 0.25) is 0 Å². The molecule has 1 fully saturated rings. The summed E-state index contributed by atoms with van der Waals surface area (Å²) in [4.78, 5) is 0. The summed E-state index contributed by atoms with van der Waals surface area (Å²) < 4.78 is 2.29. The van der Waals surface area contributed by atoms with Crippen molar-refractivity contribution in [3.63, 3.8) is 0 Å². The van der Waals surface area contributed by atoms with E-state index in [1.165, 1.54) is 44.1 Å². The van der Waals surface area contributed by atoms with Crippen LogP contribution in [0.25, 0.3) is 0 Å². The van der Waals surface area contributed by atoms with E-state index in [9.17, 15) is 0 Å². The van der Waals surface area contributed by atoms with E-state index in [0.29, 0.717) is 5.54 Å². The Balaban J connectivity index is 1.83. The summed E-state index contributed by atoms with van der Waals surface area (Å²) in [6.45, 7) is 6.76. The third-order valence-electron chi connectivity index (χ3n) is 3.97. The van der Waals surface area contributed by atoms with Gasteiger partial charge in [-0.05, 0) is 37.8 Å². The molecule has 2 nitrogen and oxygen atoms in total. The maximum atomic E-state index is 3.76. The lowest BCUT2D eigenvalue weighted by Crippen LogP contribution is -2.43. The lowest BCUT2D eigenvalue weighted by molar-refractivity contribution is 0.252. The van der Waals surface area contributed by atoms with Crippen LogP contribution in [0.5, 0.6) is 0 Å². The minimum Gasteiger partial charge on any atom is -0.354 e. The quantitative estimate of drug-likeness (QED) is 0.822. The summed E-state index contributed by atoms with van der Waals surface area (Å²) >= 11 is 0. The fourth-order valence-electron chi connectivity index (χ4n) is 2.82. The highest BCUT2D eigenvalue weighted by Crippen LogP contribution is 2.27. The number of hydrogen-bond donors (Lipinski definition) is 1. The van der Waals surface area contributed by atoms with Gasteiger partial charge in [0.1, 0.15) is 0 Å². The molecule has 1 saturated carbocycles. The molecule has 0 bridgehead atoms. The molecule has 0 unspecified atom stereocenters. The third kappa shape index (κ3) is 3.60. The van der Waals surface area contributed by atoms with Crippen LogP contribution in [0.4, 0.5) is 0 Å². The fraction of sp³-hybridized carbons (Fsp3) is 0.733. The molecule has 96 valence electrons. The molecule has 1 heterocycles. The van der Waals surface area contributed by atoms with Crippen molar-refractivity contribution in [1.29, 1.82) is 0 Å². The second-order valence-electron chi connectivity index (χ2n) is 5.73. The molecule has 0 aromatic carbocycles. The van der Waals surface area contributed by atoms with E-state index >= 15 is 0 Å². The van der Waals surface area contributed by atoms with Crippen molar-refractivity contribution in [2.75, 3.05) is 0 Å². The average molecular weight is 234 g/mol. The molecule has 1 aromatic heterocycles. The lowest BCUT2D eigenvalue weighted by atomic mass is 9.83. The smallest absolute Gasteiger partial charge is 0.0225 e. The lowest BCUT2D eigenvalue weighted by Gasteiger charge is -2.34. The highest BCUT2D eigenvalue weighted by atomic mass is 15.0. The zero-order valence-electron chi connectivity index (χ0n) is 11.3. The van der Waals surface area contributed by atoms with Crippen molar-refractivity contribution < 1.29 is 0 Å². The highest BCUT2D eigenvalue weighted by molar-refractivity contribution is 5.10. The Morgan fingerprint density at radius 3 is 2.76 bits per heavy atom. The number of aromatic nitrogens is 1. The molecular weight excluding hydrogens is 208 g/mol. The van der Waals surface area contributed by atoms with Crippen molar-refractivity contribution in [3.8, 4) is 0 Å². The molecule has 1 aliphatic rings. The molecule has 1 aliphatic carbocycles. The van der Waals surface area contributed by atoms with Gasteiger partial charge in [-0.3, -0.25) is 0 Å². The Morgan fingerprint density at radius 2 is 2.06 bits per heavy atom. The molecular formula is C15H26N2. The van der Waals surface area contributed by atoms with Crippen LogP contribution in [-0.2, 0) is 13.1 Å². The van der Waals surface area contributed by atoms with E-state index in [4.69, 9.17) is 0 Å². The first-order chi connectivity index (χ1) is 8.22. The fourth-order valence-corrected chi connectivity index (χ4v) is 2.82. The monoisotopic (exact) mass is 234 g/mol. The third-order valence-corrected chi connectivity index (χ3v) is 3.97. The van der Waals surface area contributed by atoms with Crippen molar-refractivity contribution in [2.24, 2.45) is 0 Å². The standard InChI is InChI=1S/C15H26N2/c1-3-10-17-11-7-14(13-17)12-16-15(2)8-5-4-6-9-15/h7,11,13,16H,3-6,8-10,12H2,1-2H3. The predicted octanol–water partition coefficient (Wildman–Crippen LogP) is 3.71. The van der Waals surface area contributed by atoms with Crippen LogP contribution < -0.4 is 5.32 Å². The van der Waals surface area contributed by atoms with Crippen molar-refractivity contribution in [1.82, 2.24) is 9.88 Å². The number of nitrogens with zero attached hydrogens (tertiary/aromatic N) is 1. The summed E-state index contributed by atoms with van der Waals surface area (Å²) in [7, 11) is 0. The number of nitrogens with one attached hydrogen (secondary N) is 1. The van der Waals surface area contributed by atoms with Gasteiger partial charge in [-0.2, -0.15) is 0 Å². The maximum absolute atomic E-state index is 3.76.